The van der Waals surface area contributed by atoms with Crippen molar-refractivity contribution >= 4 is 23.6 Å². The monoisotopic (exact) mass is 392 g/mol. The van der Waals surface area contributed by atoms with Crippen LogP contribution in [-0.4, -0.2) is 80.2 Å². The Bertz CT molecular complexity index is 613. The third-order valence-corrected chi connectivity index (χ3v) is 6.25. The van der Waals surface area contributed by atoms with E-state index in [2.05, 4.69) is 10.6 Å². The number of carbonyl (C=O) groups excluding carboxylic acids is 4. The van der Waals surface area contributed by atoms with Gasteiger partial charge in [-0.2, -0.15) is 0 Å². The summed E-state index contributed by atoms with van der Waals surface area (Å²) < 4.78 is 0. The standard InChI is InChI=1S/C18H28N6O4/c1-5-9(25)21-13-14-20-16-15(19-13)23(11(27)7-3)18(24(16)12(28)8-4)17(21)22(14)10(26)6-2/h13-20H,5-8H2,1-4H3/t13-,14-,15-,16+,17?,18?/m0/s1. The van der Waals surface area contributed by atoms with Crippen LogP contribution < -0.4 is 10.6 Å². The van der Waals surface area contributed by atoms with Crippen molar-refractivity contribution in [1.82, 2.24) is 30.2 Å². The van der Waals surface area contributed by atoms with Gasteiger partial charge in [0.15, 0.2) is 0 Å². The van der Waals surface area contributed by atoms with Crippen LogP contribution in [0.4, 0.5) is 0 Å². The Labute approximate surface area is 164 Å². The summed E-state index contributed by atoms with van der Waals surface area (Å²) in [5.74, 6) is -0.446. The van der Waals surface area contributed by atoms with Gasteiger partial charge in [-0.25, -0.2) is 0 Å². The van der Waals surface area contributed by atoms with Crippen LogP contribution >= 0.6 is 0 Å². The molecule has 0 aromatic rings. The summed E-state index contributed by atoms with van der Waals surface area (Å²) in [5.41, 5.74) is 0. The second-order valence-corrected chi connectivity index (χ2v) is 7.56. The summed E-state index contributed by atoms with van der Waals surface area (Å²) in [7, 11) is 0. The molecule has 5 aliphatic heterocycles. The summed E-state index contributed by atoms with van der Waals surface area (Å²) in [6.07, 6.45) is -1.98. The van der Waals surface area contributed by atoms with Gasteiger partial charge < -0.3 is 0 Å². The number of rotatable bonds is 4. The molecule has 6 bridgehead atoms. The number of piperazine rings is 1. The molecule has 5 saturated heterocycles. The van der Waals surface area contributed by atoms with Crippen molar-refractivity contribution in [2.45, 2.75) is 90.4 Å². The molecule has 2 N–H and O–H groups in total. The number of nitrogens with zero attached hydrogens (tertiary/aromatic N) is 4. The van der Waals surface area contributed by atoms with Crippen molar-refractivity contribution < 1.29 is 19.2 Å². The molecule has 154 valence electrons. The predicted octanol–water partition coefficient (Wildman–Crippen LogP) is -0.869. The molecule has 5 rings (SSSR count). The first-order chi connectivity index (χ1) is 13.4. The zero-order valence-corrected chi connectivity index (χ0v) is 16.7. The fourth-order valence-corrected chi connectivity index (χ4v) is 5.09. The lowest BCUT2D eigenvalue weighted by molar-refractivity contribution is -0.154. The molecule has 5 heterocycles. The van der Waals surface area contributed by atoms with E-state index in [1.54, 1.807) is 47.3 Å². The number of nitrogens with one attached hydrogen (secondary N) is 2. The smallest absolute Gasteiger partial charge is 0.225 e. The fraction of sp³-hybridized carbons (Fsp3) is 0.778. The maximum Gasteiger partial charge on any atom is 0.225 e. The highest BCUT2D eigenvalue weighted by molar-refractivity contribution is 5.85. The van der Waals surface area contributed by atoms with E-state index in [4.69, 9.17) is 0 Å². The molecular weight excluding hydrogens is 364 g/mol. The summed E-state index contributed by atoms with van der Waals surface area (Å²) in [5, 5.41) is 6.81. The molecule has 0 aromatic carbocycles. The fourth-order valence-electron chi connectivity index (χ4n) is 5.09. The minimum Gasteiger partial charge on any atom is -0.299 e. The third kappa shape index (κ3) is 2.27. The molecule has 0 spiro atoms. The van der Waals surface area contributed by atoms with Gasteiger partial charge in [0.25, 0.3) is 0 Å². The van der Waals surface area contributed by atoms with Crippen LogP contribution in [0.3, 0.4) is 0 Å². The Morgan fingerprint density at radius 3 is 0.929 bits per heavy atom. The molecular formula is C18H28N6O4. The second kappa shape index (κ2) is 6.70. The molecule has 10 heteroatoms. The molecule has 6 atom stereocenters. The molecule has 28 heavy (non-hydrogen) atoms. The zero-order valence-electron chi connectivity index (χ0n) is 16.7. The van der Waals surface area contributed by atoms with Crippen LogP contribution in [0.5, 0.6) is 0 Å². The maximum atomic E-state index is 12.9. The minimum atomic E-state index is -0.696. The summed E-state index contributed by atoms with van der Waals surface area (Å²) in [4.78, 5) is 58.2. The molecule has 0 aliphatic carbocycles. The zero-order chi connectivity index (χ0) is 20.3. The van der Waals surface area contributed by atoms with E-state index in [9.17, 15) is 19.2 Å². The summed E-state index contributed by atoms with van der Waals surface area (Å²) in [6.45, 7) is 7.10. The van der Waals surface area contributed by atoms with Gasteiger partial charge in [0, 0.05) is 25.7 Å². The molecule has 0 saturated carbocycles. The molecule has 0 radical (unpaired) electrons. The van der Waals surface area contributed by atoms with Crippen LogP contribution in [0.1, 0.15) is 53.4 Å². The van der Waals surface area contributed by atoms with Crippen LogP contribution in [-0.2, 0) is 19.2 Å². The number of hydrogen-bond acceptors (Lipinski definition) is 6. The Morgan fingerprint density at radius 2 is 0.750 bits per heavy atom. The van der Waals surface area contributed by atoms with E-state index in [1.807, 2.05) is 0 Å². The molecule has 5 fully saturated rings. The lowest BCUT2D eigenvalue weighted by Crippen LogP contribution is -2.73. The summed E-state index contributed by atoms with van der Waals surface area (Å²) in [6, 6.07) is 0. The number of carbonyl (C=O) groups is 4. The second-order valence-electron chi connectivity index (χ2n) is 7.56. The van der Waals surface area contributed by atoms with Crippen molar-refractivity contribution in [3.05, 3.63) is 0 Å². The maximum absolute atomic E-state index is 12.9. The van der Waals surface area contributed by atoms with Crippen LogP contribution in [0.25, 0.3) is 0 Å². The number of amides is 4. The minimum absolute atomic E-state index is 0.112. The van der Waals surface area contributed by atoms with Gasteiger partial charge in [-0.05, 0) is 0 Å². The van der Waals surface area contributed by atoms with Crippen molar-refractivity contribution in [3.8, 4) is 0 Å². The average molecular weight is 392 g/mol. The van der Waals surface area contributed by atoms with Gasteiger partial charge in [-0.1, -0.05) is 27.7 Å². The van der Waals surface area contributed by atoms with Crippen molar-refractivity contribution in [1.29, 1.82) is 0 Å². The van der Waals surface area contributed by atoms with Crippen molar-refractivity contribution in [3.63, 3.8) is 0 Å². The molecule has 5 aliphatic rings. The van der Waals surface area contributed by atoms with Gasteiger partial charge >= 0.3 is 0 Å². The molecule has 0 aromatic heterocycles. The quantitative estimate of drug-likeness (QED) is 0.645. The Kier molecular flexibility index (Phi) is 4.58. The van der Waals surface area contributed by atoms with Gasteiger partial charge in [0.2, 0.25) is 23.6 Å². The van der Waals surface area contributed by atoms with Crippen LogP contribution in [0, 0.1) is 0 Å². The van der Waals surface area contributed by atoms with Crippen molar-refractivity contribution in [2.24, 2.45) is 0 Å². The molecule has 4 amide bonds. The van der Waals surface area contributed by atoms with Crippen molar-refractivity contribution in [2.75, 3.05) is 0 Å². The Hall–Kier alpha value is -2.20. The van der Waals surface area contributed by atoms with E-state index >= 15 is 0 Å². The average Bonchev–Trinajstić information content (AvgIpc) is 3.12. The van der Waals surface area contributed by atoms with E-state index in [1.165, 1.54) is 0 Å². The lowest BCUT2D eigenvalue weighted by Gasteiger charge is -2.43. The first kappa shape index (κ1) is 19.1. The first-order valence-electron chi connectivity index (χ1n) is 10.2. The Morgan fingerprint density at radius 1 is 0.536 bits per heavy atom. The number of hydrogen-bond donors (Lipinski definition) is 2. The highest BCUT2D eigenvalue weighted by Crippen LogP contribution is 2.44. The molecule has 2 unspecified atom stereocenters. The van der Waals surface area contributed by atoms with Gasteiger partial charge in [-0.3, -0.25) is 49.4 Å². The Balaban J connectivity index is 1.90. The largest absolute Gasteiger partial charge is 0.299 e. The highest BCUT2D eigenvalue weighted by atomic mass is 16.2. The lowest BCUT2D eigenvalue weighted by atomic mass is 10.1. The van der Waals surface area contributed by atoms with E-state index in [0.29, 0.717) is 0 Å². The topological polar surface area (TPSA) is 105 Å². The van der Waals surface area contributed by atoms with Gasteiger partial charge in [0.05, 0.1) is 0 Å². The SMILES string of the molecule is CCC(=O)N1C2C3N(C(=O)CC)[C@@H]4N[C@@H]1[C@@H](N[C@@H]4N3C(=O)CC)N2C(=O)CC. The third-order valence-electron chi connectivity index (χ3n) is 6.25. The van der Waals surface area contributed by atoms with Crippen LogP contribution in [0.2, 0.25) is 0 Å². The molecule has 10 nitrogen and oxygen atoms in total. The van der Waals surface area contributed by atoms with E-state index in [-0.39, 0.29) is 49.3 Å². The van der Waals surface area contributed by atoms with E-state index in [0.717, 1.165) is 0 Å². The first-order valence-corrected chi connectivity index (χ1v) is 10.2. The predicted molar refractivity (Wildman–Crippen MR) is 97.5 cm³/mol. The van der Waals surface area contributed by atoms with Crippen LogP contribution in [0.15, 0.2) is 0 Å². The highest BCUT2D eigenvalue weighted by Gasteiger charge is 2.70. The summed E-state index contributed by atoms with van der Waals surface area (Å²) >= 11 is 0. The van der Waals surface area contributed by atoms with Gasteiger partial charge in [-0.15, -0.1) is 0 Å². The normalized spacial score (nSPS) is 35.0. The van der Waals surface area contributed by atoms with E-state index < -0.39 is 37.0 Å². The van der Waals surface area contributed by atoms with Gasteiger partial charge in [0.1, 0.15) is 37.0 Å².